The average Bonchev–Trinajstić information content (AvgIpc) is 3.13. The molecule has 0 bridgehead atoms. The number of hydrogen-bond donors (Lipinski definition) is 1. The monoisotopic (exact) mass is 313 g/mol. The lowest BCUT2D eigenvalue weighted by Crippen LogP contribution is -2.40. The van der Waals surface area contributed by atoms with Crippen molar-refractivity contribution in [3.63, 3.8) is 0 Å². The highest BCUT2D eigenvalue weighted by Gasteiger charge is 2.28. The van der Waals surface area contributed by atoms with E-state index in [0.717, 1.165) is 43.1 Å². The smallest absolute Gasteiger partial charge is 0.255 e. The van der Waals surface area contributed by atoms with Crippen molar-refractivity contribution in [3.05, 3.63) is 41.3 Å². The maximum absolute atomic E-state index is 12.7. The Bertz CT molecular complexity index is 692. The second kappa shape index (κ2) is 6.50. The van der Waals surface area contributed by atoms with Crippen LogP contribution in [0.3, 0.4) is 0 Å². The predicted octanol–water partition coefficient (Wildman–Crippen LogP) is 1.71. The molecule has 0 saturated carbocycles. The van der Waals surface area contributed by atoms with Gasteiger partial charge in [-0.1, -0.05) is 0 Å². The maximum atomic E-state index is 12.7. The zero-order chi connectivity index (χ0) is 16.4. The molecule has 0 radical (unpaired) electrons. The van der Waals surface area contributed by atoms with Crippen molar-refractivity contribution in [2.45, 2.75) is 32.7 Å². The molecule has 1 aliphatic rings. The van der Waals surface area contributed by atoms with Crippen molar-refractivity contribution in [2.75, 3.05) is 20.1 Å². The first-order chi connectivity index (χ1) is 11.1. The molecule has 0 spiro atoms. The van der Waals surface area contributed by atoms with Crippen LogP contribution in [0.4, 0.5) is 0 Å². The number of aromatic nitrogens is 3. The van der Waals surface area contributed by atoms with Crippen molar-refractivity contribution in [2.24, 2.45) is 0 Å². The van der Waals surface area contributed by atoms with E-state index in [2.05, 4.69) is 15.4 Å². The van der Waals surface area contributed by atoms with E-state index in [0.29, 0.717) is 5.56 Å². The first kappa shape index (κ1) is 15.7. The Morgan fingerprint density at radius 1 is 1.39 bits per heavy atom. The fraction of sp³-hybridized carbons (Fsp3) is 0.471. The van der Waals surface area contributed by atoms with Gasteiger partial charge in [0.15, 0.2) is 5.82 Å². The van der Waals surface area contributed by atoms with Crippen LogP contribution in [0.5, 0.6) is 0 Å². The summed E-state index contributed by atoms with van der Waals surface area (Å²) in [5.74, 6) is 0.801. The highest BCUT2D eigenvalue weighted by Crippen LogP contribution is 2.20. The summed E-state index contributed by atoms with van der Waals surface area (Å²) < 4.78 is 1.79. The van der Waals surface area contributed by atoms with Gasteiger partial charge in [0.2, 0.25) is 0 Å². The molecule has 6 nitrogen and oxygen atoms in total. The van der Waals surface area contributed by atoms with Gasteiger partial charge in [-0.05, 0) is 51.9 Å². The third-order valence-corrected chi connectivity index (χ3v) is 4.30. The zero-order valence-corrected chi connectivity index (χ0v) is 13.9. The lowest BCUT2D eigenvalue weighted by atomic mass is 10.2. The van der Waals surface area contributed by atoms with Gasteiger partial charge in [0.1, 0.15) is 0 Å². The van der Waals surface area contributed by atoms with Gasteiger partial charge in [0, 0.05) is 31.0 Å². The number of carbonyl (C=O) groups excluding carboxylic acids is 1. The Hall–Kier alpha value is -2.21. The molecule has 23 heavy (non-hydrogen) atoms. The minimum atomic E-state index is 0.0650. The largest absolute Gasteiger partial charge is 0.334 e. The number of aryl methyl sites for hydroxylation is 2. The molecular weight excluding hydrogens is 290 g/mol. The molecule has 1 aliphatic heterocycles. The van der Waals surface area contributed by atoms with Gasteiger partial charge in [-0.2, -0.15) is 5.10 Å². The standard InChI is InChI=1S/C17H23N5O/c1-12-9-13(2)22(20-12)16-7-6-14(10-19-16)17(23)21-8-4-5-15(21)11-18-3/h6-7,9-10,15,18H,4-5,8,11H2,1-3H3. The zero-order valence-electron chi connectivity index (χ0n) is 13.9. The number of likely N-dealkylation sites (tertiary alicyclic amines) is 1. The molecule has 122 valence electrons. The van der Waals surface area contributed by atoms with Gasteiger partial charge in [-0.15, -0.1) is 0 Å². The minimum absolute atomic E-state index is 0.0650. The molecule has 1 unspecified atom stereocenters. The second-order valence-electron chi connectivity index (χ2n) is 6.10. The summed E-state index contributed by atoms with van der Waals surface area (Å²) in [6, 6.07) is 5.99. The van der Waals surface area contributed by atoms with Crippen LogP contribution in [-0.2, 0) is 0 Å². The quantitative estimate of drug-likeness (QED) is 0.933. The van der Waals surface area contributed by atoms with Crippen molar-refractivity contribution in [1.29, 1.82) is 0 Å². The van der Waals surface area contributed by atoms with Crippen LogP contribution in [0, 0.1) is 13.8 Å². The van der Waals surface area contributed by atoms with E-state index in [1.807, 2.05) is 44.0 Å². The van der Waals surface area contributed by atoms with Crippen LogP contribution in [0.25, 0.3) is 5.82 Å². The molecule has 3 rings (SSSR count). The number of amides is 1. The fourth-order valence-corrected chi connectivity index (χ4v) is 3.22. The topological polar surface area (TPSA) is 63.1 Å². The summed E-state index contributed by atoms with van der Waals surface area (Å²) in [6.45, 7) is 5.61. The van der Waals surface area contributed by atoms with E-state index < -0.39 is 0 Å². The highest BCUT2D eigenvalue weighted by atomic mass is 16.2. The second-order valence-corrected chi connectivity index (χ2v) is 6.10. The number of hydrogen-bond acceptors (Lipinski definition) is 4. The number of carbonyl (C=O) groups is 1. The molecule has 2 aromatic rings. The molecule has 1 amide bonds. The lowest BCUT2D eigenvalue weighted by molar-refractivity contribution is 0.0736. The Balaban J connectivity index is 1.79. The Morgan fingerprint density at radius 3 is 2.83 bits per heavy atom. The lowest BCUT2D eigenvalue weighted by Gasteiger charge is -2.24. The first-order valence-electron chi connectivity index (χ1n) is 8.05. The normalized spacial score (nSPS) is 17.7. The first-order valence-corrected chi connectivity index (χ1v) is 8.05. The van der Waals surface area contributed by atoms with Crippen molar-refractivity contribution >= 4 is 5.91 Å². The van der Waals surface area contributed by atoms with Gasteiger partial charge in [-0.3, -0.25) is 4.79 Å². The van der Waals surface area contributed by atoms with E-state index in [1.54, 1.807) is 10.9 Å². The van der Waals surface area contributed by atoms with Crippen LogP contribution in [0.2, 0.25) is 0 Å². The summed E-state index contributed by atoms with van der Waals surface area (Å²) in [7, 11) is 1.92. The van der Waals surface area contributed by atoms with Gasteiger partial charge < -0.3 is 10.2 Å². The Kier molecular flexibility index (Phi) is 4.43. The molecule has 3 heterocycles. The third-order valence-electron chi connectivity index (χ3n) is 4.30. The summed E-state index contributed by atoms with van der Waals surface area (Å²) in [5, 5.41) is 7.58. The van der Waals surface area contributed by atoms with Gasteiger partial charge >= 0.3 is 0 Å². The van der Waals surface area contributed by atoms with Gasteiger partial charge in [-0.25, -0.2) is 9.67 Å². The molecule has 2 aromatic heterocycles. The van der Waals surface area contributed by atoms with Crippen LogP contribution in [-0.4, -0.2) is 51.8 Å². The van der Waals surface area contributed by atoms with E-state index in [1.165, 1.54) is 0 Å². The van der Waals surface area contributed by atoms with E-state index in [4.69, 9.17) is 0 Å². The van der Waals surface area contributed by atoms with E-state index in [-0.39, 0.29) is 11.9 Å². The molecule has 1 saturated heterocycles. The van der Waals surface area contributed by atoms with Crippen LogP contribution >= 0.6 is 0 Å². The number of likely N-dealkylation sites (N-methyl/N-ethyl adjacent to an activating group) is 1. The summed E-state index contributed by atoms with van der Waals surface area (Å²) >= 11 is 0. The van der Waals surface area contributed by atoms with Gasteiger partial charge in [0.25, 0.3) is 5.91 Å². The Morgan fingerprint density at radius 2 is 2.22 bits per heavy atom. The minimum Gasteiger partial charge on any atom is -0.334 e. The summed E-state index contributed by atoms with van der Waals surface area (Å²) in [4.78, 5) is 19.1. The van der Waals surface area contributed by atoms with Crippen LogP contribution < -0.4 is 5.32 Å². The number of nitrogens with one attached hydrogen (secondary N) is 1. The average molecular weight is 313 g/mol. The molecule has 1 fully saturated rings. The SMILES string of the molecule is CNCC1CCCN1C(=O)c1ccc(-n2nc(C)cc2C)nc1. The van der Waals surface area contributed by atoms with E-state index in [9.17, 15) is 4.79 Å². The molecule has 0 aromatic carbocycles. The number of rotatable bonds is 4. The Labute approximate surface area is 136 Å². The van der Waals surface area contributed by atoms with E-state index >= 15 is 0 Å². The molecule has 1 N–H and O–H groups in total. The fourth-order valence-electron chi connectivity index (χ4n) is 3.22. The summed E-state index contributed by atoms with van der Waals surface area (Å²) in [6.07, 6.45) is 3.78. The van der Waals surface area contributed by atoms with Crippen LogP contribution in [0.15, 0.2) is 24.4 Å². The highest BCUT2D eigenvalue weighted by molar-refractivity contribution is 5.94. The van der Waals surface area contributed by atoms with Crippen molar-refractivity contribution < 1.29 is 4.79 Å². The van der Waals surface area contributed by atoms with Gasteiger partial charge in [0.05, 0.1) is 11.3 Å². The third kappa shape index (κ3) is 3.12. The van der Waals surface area contributed by atoms with Crippen molar-refractivity contribution in [3.8, 4) is 5.82 Å². The molecule has 6 heteroatoms. The number of nitrogens with zero attached hydrogens (tertiary/aromatic N) is 4. The molecule has 0 aliphatic carbocycles. The molecule has 1 atom stereocenters. The predicted molar refractivity (Wildman–Crippen MR) is 88.8 cm³/mol. The summed E-state index contributed by atoms with van der Waals surface area (Å²) in [5.41, 5.74) is 2.62. The molecular formula is C17H23N5O. The number of pyridine rings is 1. The van der Waals surface area contributed by atoms with Crippen LogP contribution in [0.1, 0.15) is 34.6 Å². The maximum Gasteiger partial charge on any atom is 0.255 e. The van der Waals surface area contributed by atoms with Crippen molar-refractivity contribution in [1.82, 2.24) is 25.0 Å².